The summed E-state index contributed by atoms with van der Waals surface area (Å²) >= 11 is 0. The minimum Gasteiger partial charge on any atom is -0.321 e. The molecule has 0 unspecified atom stereocenters. The maximum absolute atomic E-state index is 12.7. The number of amides is 1. The Kier molecular flexibility index (Phi) is 4.06. The first-order valence-electron chi connectivity index (χ1n) is 9.37. The van der Waals surface area contributed by atoms with Crippen LogP contribution in [0.25, 0.3) is 16.8 Å². The molecule has 140 valence electrons. The molecule has 5 nitrogen and oxygen atoms in total. The van der Waals surface area contributed by atoms with Crippen molar-refractivity contribution in [3.05, 3.63) is 112 Å². The molecule has 0 radical (unpaired) electrons. The number of hydrogen-bond donors (Lipinski definition) is 1. The Morgan fingerprint density at radius 1 is 0.828 bits per heavy atom. The summed E-state index contributed by atoms with van der Waals surface area (Å²) in [7, 11) is 0. The van der Waals surface area contributed by atoms with Crippen molar-refractivity contribution in [1.29, 1.82) is 0 Å². The lowest BCUT2D eigenvalue weighted by Crippen LogP contribution is -2.24. The summed E-state index contributed by atoms with van der Waals surface area (Å²) in [6.07, 6.45) is 0.854. The molecule has 3 aromatic carbocycles. The maximum atomic E-state index is 12.7. The van der Waals surface area contributed by atoms with Crippen molar-refractivity contribution in [1.82, 2.24) is 9.78 Å². The van der Waals surface area contributed by atoms with Gasteiger partial charge in [0.1, 0.15) is 5.69 Å². The van der Waals surface area contributed by atoms with Gasteiger partial charge in [-0.25, -0.2) is 0 Å². The van der Waals surface area contributed by atoms with Crippen LogP contribution in [0.3, 0.4) is 0 Å². The first-order valence-corrected chi connectivity index (χ1v) is 9.37. The Bertz CT molecular complexity index is 1290. The van der Waals surface area contributed by atoms with Gasteiger partial charge in [-0.2, -0.15) is 9.78 Å². The molecule has 1 aromatic heterocycles. The third-order valence-corrected chi connectivity index (χ3v) is 5.09. The van der Waals surface area contributed by atoms with E-state index in [2.05, 4.69) is 22.5 Å². The molecule has 0 saturated heterocycles. The molecule has 0 aliphatic heterocycles. The smallest absolute Gasteiger partial charge is 0.276 e. The van der Waals surface area contributed by atoms with Crippen LogP contribution >= 0.6 is 0 Å². The minimum atomic E-state index is -0.356. The number of para-hydroxylation sites is 1. The largest absolute Gasteiger partial charge is 0.321 e. The molecule has 0 bridgehead atoms. The summed E-state index contributed by atoms with van der Waals surface area (Å²) in [4.78, 5) is 24.9. The van der Waals surface area contributed by atoms with E-state index < -0.39 is 0 Å². The highest BCUT2D eigenvalue weighted by atomic mass is 16.2. The van der Waals surface area contributed by atoms with E-state index in [1.54, 1.807) is 12.1 Å². The van der Waals surface area contributed by atoms with E-state index in [4.69, 9.17) is 0 Å². The second kappa shape index (κ2) is 6.87. The molecule has 0 spiro atoms. The molecule has 0 saturated carbocycles. The number of anilines is 1. The van der Waals surface area contributed by atoms with Crippen LogP contribution in [0.4, 0.5) is 5.69 Å². The second-order valence-corrected chi connectivity index (χ2v) is 6.96. The van der Waals surface area contributed by atoms with Crippen LogP contribution in [0.15, 0.2) is 89.7 Å². The summed E-state index contributed by atoms with van der Waals surface area (Å²) in [5.41, 5.74) is 6.14. The summed E-state index contributed by atoms with van der Waals surface area (Å²) in [6, 6.07) is 26.1. The van der Waals surface area contributed by atoms with Crippen LogP contribution in [-0.2, 0) is 6.42 Å². The number of carbonyl (C=O) groups excluding carboxylic acids is 1. The molecule has 5 heteroatoms. The standard InChI is InChI=1S/C24H17N3O2/c28-23-13-12-22(26-27(23)19-7-2-1-3-8-19)24(29)25-18-10-11-21-17(15-18)14-16-6-4-5-9-20(16)21/h1-13,15H,14H2,(H,25,29). The number of fused-ring (bicyclic) bond motifs is 3. The van der Waals surface area contributed by atoms with Crippen molar-refractivity contribution in [2.75, 3.05) is 5.32 Å². The third kappa shape index (κ3) is 3.12. The number of aromatic nitrogens is 2. The van der Waals surface area contributed by atoms with E-state index in [0.717, 1.165) is 6.42 Å². The summed E-state index contributed by atoms with van der Waals surface area (Å²) in [5, 5.41) is 7.13. The van der Waals surface area contributed by atoms with Gasteiger partial charge in [0.2, 0.25) is 0 Å². The number of hydrogen-bond acceptors (Lipinski definition) is 3. The zero-order chi connectivity index (χ0) is 19.8. The third-order valence-electron chi connectivity index (χ3n) is 5.09. The Morgan fingerprint density at radius 2 is 1.59 bits per heavy atom. The van der Waals surface area contributed by atoms with Crippen molar-refractivity contribution in [2.45, 2.75) is 6.42 Å². The molecule has 1 aliphatic carbocycles. The highest BCUT2D eigenvalue weighted by Crippen LogP contribution is 2.37. The fraction of sp³-hybridized carbons (Fsp3) is 0.0417. The Labute approximate surface area is 167 Å². The minimum absolute atomic E-state index is 0.178. The van der Waals surface area contributed by atoms with Gasteiger partial charge in [-0.1, -0.05) is 48.5 Å². The topological polar surface area (TPSA) is 64.0 Å². The fourth-order valence-electron chi connectivity index (χ4n) is 3.70. The maximum Gasteiger partial charge on any atom is 0.276 e. The summed E-state index contributed by atoms with van der Waals surface area (Å²) < 4.78 is 1.23. The molecule has 4 aromatic rings. The average Bonchev–Trinajstić information content (AvgIpc) is 3.12. The lowest BCUT2D eigenvalue weighted by Gasteiger charge is -2.09. The van der Waals surface area contributed by atoms with Gasteiger partial charge in [-0.15, -0.1) is 0 Å². The van der Waals surface area contributed by atoms with Crippen LogP contribution in [0.1, 0.15) is 21.6 Å². The van der Waals surface area contributed by atoms with Gasteiger partial charge in [0, 0.05) is 11.8 Å². The predicted octanol–water partition coefficient (Wildman–Crippen LogP) is 4.06. The molecule has 1 N–H and O–H groups in total. The lowest BCUT2D eigenvalue weighted by atomic mass is 10.1. The van der Waals surface area contributed by atoms with E-state index in [1.165, 1.54) is 39.1 Å². The van der Waals surface area contributed by atoms with E-state index in [-0.39, 0.29) is 17.2 Å². The molecule has 0 fully saturated rings. The first-order chi connectivity index (χ1) is 14.2. The Morgan fingerprint density at radius 3 is 2.45 bits per heavy atom. The van der Waals surface area contributed by atoms with Crippen LogP contribution in [0.5, 0.6) is 0 Å². The van der Waals surface area contributed by atoms with Crippen LogP contribution in [-0.4, -0.2) is 15.7 Å². The molecule has 1 aliphatic rings. The van der Waals surface area contributed by atoms with Crippen LogP contribution in [0, 0.1) is 0 Å². The van der Waals surface area contributed by atoms with Gasteiger partial charge >= 0.3 is 0 Å². The number of benzene rings is 3. The normalized spacial score (nSPS) is 11.6. The molecule has 1 heterocycles. The molecule has 5 rings (SSSR count). The lowest BCUT2D eigenvalue weighted by molar-refractivity contribution is 0.102. The van der Waals surface area contributed by atoms with Gasteiger partial charge in [0.15, 0.2) is 0 Å². The number of nitrogens with one attached hydrogen (secondary N) is 1. The van der Waals surface area contributed by atoms with Gasteiger partial charge in [0.05, 0.1) is 5.69 Å². The van der Waals surface area contributed by atoms with Crippen molar-refractivity contribution in [3.63, 3.8) is 0 Å². The highest BCUT2D eigenvalue weighted by molar-refractivity contribution is 6.03. The van der Waals surface area contributed by atoms with E-state index in [1.807, 2.05) is 48.5 Å². The number of nitrogens with zero attached hydrogens (tertiary/aromatic N) is 2. The Balaban J connectivity index is 1.42. The molecular formula is C24H17N3O2. The number of carbonyl (C=O) groups is 1. The van der Waals surface area contributed by atoms with E-state index >= 15 is 0 Å². The average molecular weight is 379 g/mol. The Hall–Kier alpha value is -3.99. The van der Waals surface area contributed by atoms with Gasteiger partial charge in [-0.3, -0.25) is 9.59 Å². The molecular weight excluding hydrogens is 362 g/mol. The van der Waals surface area contributed by atoms with E-state index in [0.29, 0.717) is 11.4 Å². The summed E-state index contributed by atoms with van der Waals surface area (Å²) in [5.74, 6) is -0.356. The van der Waals surface area contributed by atoms with Gasteiger partial charge < -0.3 is 5.32 Å². The fourth-order valence-corrected chi connectivity index (χ4v) is 3.70. The van der Waals surface area contributed by atoms with Crippen LogP contribution in [0.2, 0.25) is 0 Å². The predicted molar refractivity (Wildman–Crippen MR) is 112 cm³/mol. The van der Waals surface area contributed by atoms with Crippen molar-refractivity contribution < 1.29 is 4.79 Å². The van der Waals surface area contributed by atoms with E-state index in [9.17, 15) is 9.59 Å². The monoisotopic (exact) mass is 379 g/mol. The summed E-state index contributed by atoms with van der Waals surface area (Å²) in [6.45, 7) is 0. The van der Waals surface area contributed by atoms with Gasteiger partial charge in [-0.05, 0) is 59.0 Å². The zero-order valence-electron chi connectivity index (χ0n) is 15.5. The quantitative estimate of drug-likeness (QED) is 0.514. The SMILES string of the molecule is O=C(Nc1ccc2c(c1)Cc1ccccc1-2)c1ccc(=O)n(-c2ccccc2)n1. The first kappa shape index (κ1) is 17.1. The molecule has 29 heavy (non-hydrogen) atoms. The highest BCUT2D eigenvalue weighted by Gasteiger charge is 2.19. The van der Waals surface area contributed by atoms with Gasteiger partial charge in [0.25, 0.3) is 11.5 Å². The second-order valence-electron chi connectivity index (χ2n) is 6.96. The number of rotatable bonds is 3. The zero-order valence-corrected chi connectivity index (χ0v) is 15.5. The van der Waals surface area contributed by atoms with Crippen molar-refractivity contribution in [2.24, 2.45) is 0 Å². The van der Waals surface area contributed by atoms with Crippen molar-refractivity contribution in [3.8, 4) is 16.8 Å². The molecule has 1 amide bonds. The van der Waals surface area contributed by atoms with Crippen molar-refractivity contribution >= 4 is 11.6 Å². The molecule has 0 atom stereocenters. The van der Waals surface area contributed by atoms with Crippen LogP contribution < -0.4 is 10.9 Å².